The zero-order valence-corrected chi connectivity index (χ0v) is 17.3. The molecule has 1 saturated carbocycles. The van der Waals surface area contributed by atoms with Crippen LogP contribution in [0.1, 0.15) is 41.8 Å². The topological polar surface area (TPSA) is 45.9 Å². The second-order valence-electron chi connectivity index (χ2n) is 8.27. The van der Waals surface area contributed by atoms with Gasteiger partial charge in [-0.2, -0.15) is 0 Å². The van der Waals surface area contributed by atoms with Gasteiger partial charge in [0.1, 0.15) is 17.9 Å². The van der Waals surface area contributed by atoms with Gasteiger partial charge in [-0.05, 0) is 31.0 Å². The molecule has 5 nitrogen and oxygen atoms in total. The maximum absolute atomic E-state index is 13.4. The molecule has 0 radical (unpaired) electrons. The van der Waals surface area contributed by atoms with Gasteiger partial charge in [-0.1, -0.05) is 49.2 Å². The van der Waals surface area contributed by atoms with Gasteiger partial charge < -0.3 is 14.1 Å². The summed E-state index contributed by atoms with van der Waals surface area (Å²) in [6.07, 6.45) is 5.29. The molecule has 1 aromatic heterocycles. The SMILES string of the molecule is O=C(c1oc2ccccc2c1COc1ccccc1)N1CCN(C2CCCC2)CC1. The molecule has 2 heterocycles. The molecule has 2 aromatic carbocycles. The first-order valence-corrected chi connectivity index (χ1v) is 11.0. The largest absolute Gasteiger partial charge is 0.489 e. The van der Waals surface area contributed by atoms with Crippen molar-refractivity contribution in [3.63, 3.8) is 0 Å². The van der Waals surface area contributed by atoms with E-state index in [9.17, 15) is 4.79 Å². The van der Waals surface area contributed by atoms with Crippen LogP contribution in [0, 0.1) is 0 Å². The predicted molar refractivity (Wildman–Crippen MR) is 117 cm³/mol. The van der Waals surface area contributed by atoms with E-state index in [0.717, 1.165) is 48.5 Å². The summed E-state index contributed by atoms with van der Waals surface area (Å²) >= 11 is 0. The Balaban J connectivity index is 1.34. The molecule has 0 spiro atoms. The van der Waals surface area contributed by atoms with Crippen LogP contribution in [0.2, 0.25) is 0 Å². The minimum Gasteiger partial charge on any atom is -0.489 e. The number of para-hydroxylation sites is 2. The third-order valence-corrected chi connectivity index (χ3v) is 6.46. The number of rotatable bonds is 5. The van der Waals surface area contributed by atoms with Gasteiger partial charge in [-0.15, -0.1) is 0 Å². The fraction of sp³-hybridized carbons (Fsp3) is 0.400. The average Bonchev–Trinajstić information content (AvgIpc) is 3.46. The molecule has 0 N–H and O–H groups in total. The Morgan fingerprint density at radius 2 is 1.63 bits per heavy atom. The second-order valence-corrected chi connectivity index (χ2v) is 8.27. The lowest BCUT2D eigenvalue weighted by Crippen LogP contribution is -2.51. The Labute approximate surface area is 177 Å². The van der Waals surface area contributed by atoms with E-state index in [0.29, 0.717) is 18.4 Å². The molecule has 3 aromatic rings. The van der Waals surface area contributed by atoms with Crippen molar-refractivity contribution >= 4 is 16.9 Å². The summed E-state index contributed by atoms with van der Waals surface area (Å²) in [5.41, 5.74) is 1.56. The standard InChI is InChI=1S/C25H28N2O3/c28-25(27-16-14-26(15-17-27)19-8-4-5-9-19)24-22(18-29-20-10-2-1-3-11-20)21-12-6-7-13-23(21)30-24/h1-3,6-7,10-13,19H,4-5,8-9,14-18H2. The van der Waals surface area contributed by atoms with E-state index in [1.807, 2.05) is 59.5 Å². The van der Waals surface area contributed by atoms with Crippen molar-refractivity contribution in [1.29, 1.82) is 0 Å². The lowest BCUT2D eigenvalue weighted by atomic mass is 10.1. The van der Waals surface area contributed by atoms with Crippen LogP contribution in [-0.2, 0) is 6.61 Å². The minimum absolute atomic E-state index is 0.0241. The van der Waals surface area contributed by atoms with Crippen LogP contribution < -0.4 is 4.74 Å². The van der Waals surface area contributed by atoms with Gasteiger partial charge in [0.15, 0.2) is 5.76 Å². The predicted octanol–water partition coefficient (Wildman–Crippen LogP) is 4.71. The van der Waals surface area contributed by atoms with Gasteiger partial charge in [0, 0.05) is 43.2 Å². The number of carbonyl (C=O) groups excluding carboxylic acids is 1. The van der Waals surface area contributed by atoms with E-state index in [2.05, 4.69) is 4.90 Å². The van der Waals surface area contributed by atoms with Crippen molar-refractivity contribution in [3.8, 4) is 5.75 Å². The van der Waals surface area contributed by atoms with Crippen LogP contribution in [0.15, 0.2) is 59.0 Å². The van der Waals surface area contributed by atoms with Crippen LogP contribution in [0.3, 0.4) is 0 Å². The number of benzene rings is 2. The zero-order valence-electron chi connectivity index (χ0n) is 17.3. The summed E-state index contributed by atoms with van der Waals surface area (Å²) in [5.74, 6) is 1.18. The van der Waals surface area contributed by atoms with Gasteiger partial charge in [-0.25, -0.2) is 0 Å². The maximum atomic E-state index is 13.4. The third kappa shape index (κ3) is 3.82. The first-order chi connectivity index (χ1) is 14.8. The highest BCUT2D eigenvalue weighted by atomic mass is 16.5. The van der Waals surface area contributed by atoms with Crippen LogP contribution in [0.4, 0.5) is 0 Å². The Bertz CT molecular complexity index is 1000. The molecule has 0 bridgehead atoms. The first kappa shape index (κ1) is 19.2. The fourth-order valence-corrected chi connectivity index (χ4v) is 4.79. The summed E-state index contributed by atoms with van der Waals surface area (Å²) in [7, 11) is 0. The third-order valence-electron chi connectivity index (χ3n) is 6.46. The molecule has 1 aliphatic heterocycles. The van der Waals surface area contributed by atoms with Crippen molar-refractivity contribution in [2.75, 3.05) is 26.2 Å². The molecule has 30 heavy (non-hydrogen) atoms. The monoisotopic (exact) mass is 404 g/mol. The number of hydrogen-bond acceptors (Lipinski definition) is 4. The average molecular weight is 405 g/mol. The molecular weight excluding hydrogens is 376 g/mol. The summed E-state index contributed by atoms with van der Waals surface area (Å²) in [6, 6.07) is 18.2. The molecule has 156 valence electrons. The molecule has 2 fully saturated rings. The van der Waals surface area contributed by atoms with Crippen LogP contribution >= 0.6 is 0 Å². The highest BCUT2D eigenvalue weighted by Gasteiger charge is 2.31. The van der Waals surface area contributed by atoms with E-state index in [1.54, 1.807) is 0 Å². The van der Waals surface area contributed by atoms with Gasteiger partial charge in [0.25, 0.3) is 5.91 Å². The number of piperazine rings is 1. The van der Waals surface area contributed by atoms with Crippen LogP contribution in [0.5, 0.6) is 5.75 Å². The quantitative estimate of drug-likeness (QED) is 0.618. The van der Waals surface area contributed by atoms with Gasteiger partial charge >= 0.3 is 0 Å². The minimum atomic E-state index is -0.0241. The van der Waals surface area contributed by atoms with Crippen molar-refractivity contribution in [2.45, 2.75) is 38.3 Å². The number of carbonyl (C=O) groups is 1. The van der Waals surface area contributed by atoms with E-state index in [4.69, 9.17) is 9.15 Å². The lowest BCUT2D eigenvalue weighted by Gasteiger charge is -2.37. The molecule has 1 amide bonds. The molecule has 0 unspecified atom stereocenters. The van der Waals surface area contributed by atoms with E-state index in [1.165, 1.54) is 25.7 Å². The number of ether oxygens (including phenoxy) is 1. The van der Waals surface area contributed by atoms with Crippen LogP contribution in [-0.4, -0.2) is 47.9 Å². The van der Waals surface area contributed by atoms with Crippen molar-refractivity contribution in [3.05, 3.63) is 65.9 Å². The Kier molecular flexibility index (Phi) is 5.45. The number of amides is 1. The molecule has 0 atom stereocenters. The second kappa shape index (κ2) is 8.52. The molecule has 2 aliphatic rings. The zero-order chi connectivity index (χ0) is 20.3. The van der Waals surface area contributed by atoms with Crippen molar-refractivity contribution in [2.24, 2.45) is 0 Å². The molecule has 1 aliphatic carbocycles. The highest BCUT2D eigenvalue weighted by molar-refractivity contribution is 5.99. The van der Waals surface area contributed by atoms with E-state index >= 15 is 0 Å². The molecule has 5 heteroatoms. The van der Waals surface area contributed by atoms with Crippen molar-refractivity contribution in [1.82, 2.24) is 9.80 Å². The lowest BCUT2D eigenvalue weighted by molar-refractivity contribution is 0.0544. The van der Waals surface area contributed by atoms with Gasteiger partial charge in [0.05, 0.1) is 0 Å². The van der Waals surface area contributed by atoms with Gasteiger partial charge in [-0.3, -0.25) is 9.69 Å². The summed E-state index contributed by atoms with van der Waals surface area (Å²) < 4.78 is 12.0. The normalized spacial score (nSPS) is 18.2. The fourth-order valence-electron chi connectivity index (χ4n) is 4.79. The Hall–Kier alpha value is -2.79. The van der Waals surface area contributed by atoms with Crippen LogP contribution in [0.25, 0.3) is 11.0 Å². The smallest absolute Gasteiger partial charge is 0.290 e. The first-order valence-electron chi connectivity index (χ1n) is 11.0. The summed E-state index contributed by atoms with van der Waals surface area (Å²) in [5, 5.41) is 0.946. The van der Waals surface area contributed by atoms with Gasteiger partial charge in [0.2, 0.25) is 0 Å². The summed E-state index contributed by atoms with van der Waals surface area (Å²) in [4.78, 5) is 17.9. The number of hydrogen-bond donors (Lipinski definition) is 0. The molecular formula is C25H28N2O3. The molecule has 1 saturated heterocycles. The van der Waals surface area contributed by atoms with E-state index < -0.39 is 0 Å². The number of fused-ring (bicyclic) bond motifs is 1. The summed E-state index contributed by atoms with van der Waals surface area (Å²) in [6.45, 7) is 3.72. The highest BCUT2D eigenvalue weighted by Crippen LogP contribution is 2.29. The number of nitrogens with zero attached hydrogens (tertiary/aromatic N) is 2. The van der Waals surface area contributed by atoms with Crippen molar-refractivity contribution < 1.29 is 13.9 Å². The Morgan fingerprint density at radius 3 is 2.40 bits per heavy atom. The van der Waals surface area contributed by atoms with E-state index in [-0.39, 0.29) is 5.91 Å². The number of furan rings is 1. The maximum Gasteiger partial charge on any atom is 0.290 e. The Morgan fingerprint density at radius 1 is 0.933 bits per heavy atom. The molecule has 5 rings (SSSR count).